The molecule has 0 fully saturated rings. The molecule has 1 aromatic rings. The summed E-state index contributed by atoms with van der Waals surface area (Å²) in [6.45, 7) is -0.223. The first-order chi connectivity index (χ1) is 11.3. The fourth-order valence-corrected chi connectivity index (χ4v) is 2.11. The lowest BCUT2D eigenvalue weighted by Crippen LogP contribution is -2.42. The Morgan fingerprint density at radius 3 is 2.67 bits per heavy atom. The highest BCUT2D eigenvalue weighted by atomic mass is 79.9. The molecule has 9 heteroatoms. The highest BCUT2D eigenvalue weighted by Crippen LogP contribution is 2.25. The highest BCUT2D eigenvalue weighted by Gasteiger charge is 2.11. The Balaban J connectivity index is 2.85. The van der Waals surface area contributed by atoms with Crippen molar-refractivity contribution in [3.05, 3.63) is 28.2 Å². The van der Waals surface area contributed by atoms with Crippen LogP contribution in [-0.4, -0.2) is 50.6 Å². The molecule has 0 heterocycles. The van der Waals surface area contributed by atoms with Crippen LogP contribution < -0.4 is 15.4 Å². The molecule has 0 aliphatic rings. The number of carbonyl (C=O) groups excluding carboxylic acids is 1. The minimum atomic E-state index is -2.90. The number of rotatable bonds is 7. The number of nitrogens with one attached hydrogen (secondary N) is 2. The summed E-state index contributed by atoms with van der Waals surface area (Å²) in [5.74, 6) is 0.373. The van der Waals surface area contributed by atoms with Crippen molar-refractivity contribution >= 4 is 27.8 Å². The highest BCUT2D eigenvalue weighted by molar-refractivity contribution is 9.10. The van der Waals surface area contributed by atoms with Crippen LogP contribution >= 0.6 is 15.9 Å². The van der Waals surface area contributed by atoms with Crippen LogP contribution in [0.25, 0.3) is 0 Å². The summed E-state index contributed by atoms with van der Waals surface area (Å²) in [5, 5.41) is 5.88. The van der Waals surface area contributed by atoms with Gasteiger partial charge in [-0.15, -0.1) is 0 Å². The number of aliphatic imine (C=N–C) groups is 1. The normalized spacial score (nSPS) is 11.4. The van der Waals surface area contributed by atoms with Gasteiger partial charge in [0.2, 0.25) is 5.91 Å². The molecular formula is C15H21BrF2N4O2. The van der Waals surface area contributed by atoms with Gasteiger partial charge in [-0.3, -0.25) is 4.79 Å². The number of ether oxygens (including phenoxy) is 1. The Kier molecular flexibility index (Phi) is 8.45. The summed E-state index contributed by atoms with van der Waals surface area (Å²) in [6, 6.07) is 4.73. The van der Waals surface area contributed by atoms with Crippen molar-refractivity contribution in [3.63, 3.8) is 0 Å². The maximum Gasteiger partial charge on any atom is 0.387 e. The molecule has 1 rings (SSSR count). The van der Waals surface area contributed by atoms with Gasteiger partial charge < -0.3 is 20.3 Å². The number of likely N-dealkylation sites (N-methyl/N-ethyl adjacent to an activating group) is 1. The first-order valence-corrected chi connectivity index (χ1v) is 8.08. The molecule has 0 radical (unpaired) electrons. The van der Waals surface area contributed by atoms with Gasteiger partial charge in [-0.2, -0.15) is 8.78 Å². The van der Waals surface area contributed by atoms with Crippen LogP contribution in [0.4, 0.5) is 8.78 Å². The van der Waals surface area contributed by atoms with Crippen molar-refractivity contribution < 1.29 is 18.3 Å². The number of alkyl halides is 2. The molecule has 6 nitrogen and oxygen atoms in total. The fraction of sp³-hybridized carbons (Fsp3) is 0.467. The van der Waals surface area contributed by atoms with Crippen LogP contribution in [-0.2, 0) is 11.3 Å². The lowest BCUT2D eigenvalue weighted by molar-refractivity contribution is -0.127. The average Bonchev–Trinajstić information content (AvgIpc) is 2.51. The van der Waals surface area contributed by atoms with E-state index in [1.807, 2.05) is 6.92 Å². The molecule has 0 saturated heterocycles. The van der Waals surface area contributed by atoms with Gasteiger partial charge >= 0.3 is 6.61 Å². The van der Waals surface area contributed by atoms with Crippen molar-refractivity contribution in [2.24, 2.45) is 4.99 Å². The topological polar surface area (TPSA) is 66.0 Å². The average molecular weight is 407 g/mol. The molecule has 0 aliphatic carbocycles. The Bertz CT molecular complexity index is 583. The van der Waals surface area contributed by atoms with E-state index < -0.39 is 6.61 Å². The number of benzene rings is 1. The Hall–Kier alpha value is -1.90. The van der Waals surface area contributed by atoms with Gasteiger partial charge in [0.05, 0.1) is 13.1 Å². The molecule has 0 aliphatic heterocycles. The standard InChI is InChI=1S/C15H21BrF2N4O2/c1-4-19-15(21-9-13(23)22(2)3)20-8-10-7-11(16)5-6-12(10)24-14(17)18/h5-7,14H,4,8-9H2,1-3H3,(H2,19,20,21). The minimum Gasteiger partial charge on any atom is -0.434 e. The summed E-state index contributed by atoms with van der Waals surface area (Å²) >= 11 is 3.29. The van der Waals surface area contributed by atoms with Gasteiger partial charge in [-0.25, -0.2) is 4.99 Å². The largest absolute Gasteiger partial charge is 0.434 e. The summed E-state index contributed by atoms with van der Waals surface area (Å²) in [7, 11) is 3.31. The zero-order valence-corrected chi connectivity index (χ0v) is 15.4. The Morgan fingerprint density at radius 1 is 1.38 bits per heavy atom. The maximum absolute atomic E-state index is 12.5. The monoisotopic (exact) mass is 406 g/mol. The van der Waals surface area contributed by atoms with E-state index in [0.29, 0.717) is 18.1 Å². The molecule has 0 spiro atoms. The number of halogens is 3. The van der Waals surface area contributed by atoms with Crippen LogP contribution in [0.5, 0.6) is 5.75 Å². The van der Waals surface area contributed by atoms with Crippen molar-refractivity contribution in [2.45, 2.75) is 20.1 Å². The summed E-state index contributed by atoms with van der Waals surface area (Å²) in [4.78, 5) is 17.4. The van der Waals surface area contributed by atoms with E-state index in [9.17, 15) is 13.6 Å². The molecule has 0 unspecified atom stereocenters. The molecule has 1 aromatic carbocycles. The van der Waals surface area contributed by atoms with Crippen LogP contribution in [0.15, 0.2) is 27.7 Å². The summed E-state index contributed by atoms with van der Waals surface area (Å²) < 4.78 is 30.2. The van der Waals surface area contributed by atoms with E-state index in [4.69, 9.17) is 0 Å². The van der Waals surface area contributed by atoms with E-state index in [1.165, 1.54) is 11.0 Å². The molecule has 0 bridgehead atoms. The lowest BCUT2D eigenvalue weighted by atomic mass is 10.2. The summed E-state index contributed by atoms with van der Waals surface area (Å²) in [5.41, 5.74) is 0.501. The minimum absolute atomic E-state index is 0.0668. The van der Waals surface area contributed by atoms with E-state index in [2.05, 4.69) is 36.3 Å². The second-order valence-electron chi connectivity index (χ2n) is 4.97. The number of hydrogen-bond donors (Lipinski definition) is 2. The quantitative estimate of drug-likeness (QED) is 0.538. The number of carbonyl (C=O) groups is 1. The van der Waals surface area contributed by atoms with Gasteiger partial charge in [0.15, 0.2) is 5.96 Å². The fourth-order valence-electron chi connectivity index (χ4n) is 1.71. The van der Waals surface area contributed by atoms with Crippen LogP contribution in [0.3, 0.4) is 0 Å². The number of guanidine groups is 1. The van der Waals surface area contributed by atoms with Crippen molar-refractivity contribution in [3.8, 4) is 5.75 Å². The van der Waals surface area contributed by atoms with Gasteiger partial charge in [0.1, 0.15) is 5.75 Å². The van der Waals surface area contributed by atoms with E-state index >= 15 is 0 Å². The van der Waals surface area contributed by atoms with Crippen molar-refractivity contribution in [2.75, 3.05) is 27.2 Å². The number of nitrogens with zero attached hydrogens (tertiary/aromatic N) is 2. The third-order valence-electron chi connectivity index (χ3n) is 2.90. The third-order valence-corrected chi connectivity index (χ3v) is 3.39. The lowest BCUT2D eigenvalue weighted by Gasteiger charge is -2.15. The number of hydrogen-bond acceptors (Lipinski definition) is 3. The van der Waals surface area contributed by atoms with Gasteiger partial charge in [-0.05, 0) is 25.1 Å². The predicted molar refractivity (Wildman–Crippen MR) is 92.3 cm³/mol. The first-order valence-electron chi connectivity index (χ1n) is 7.29. The Morgan fingerprint density at radius 2 is 2.08 bits per heavy atom. The molecule has 24 heavy (non-hydrogen) atoms. The first kappa shape index (κ1) is 20.1. The maximum atomic E-state index is 12.5. The number of amides is 1. The van der Waals surface area contributed by atoms with Crippen LogP contribution in [0.1, 0.15) is 12.5 Å². The zero-order valence-electron chi connectivity index (χ0n) is 13.8. The van der Waals surface area contributed by atoms with Crippen molar-refractivity contribution in [1.82, 2.24) is 15.5 Å². The molecule has 2 N–H and O–H groups in total. The third kappa shape index (κ3) is 7.12. The molecule has 0 aromatic heterocycles. The van der Waals surface area contributed by atoms with Crippen LogP contribution in [0.2, 0.25) is 0 Å². The molecule has 0 atom stereocenters. The molecule has 1 amide bonds. The molecule has 134 valence electrons. The predicted octanol–water partition coefficient (Wildman–Crippen LogP) is 2.19. The SMILES string of the molecule is CCNC(=NCc1cc(Br)ccc1OC(F)F)NCC(=O)N(C)C. The Labute approximate surface area is 148 Å². The molecular weight excluding hydrogens is 386 g/mol. The van der Waals surface area contributed by atoms with Gasteiger partial charge in [0.25, 0.3) is 0 Å². The van der Waals surface area contributed by atoms with Crippen molar-refractivity contribution in [1.29, 1.82) is 0 Å². The second kappa shape index (κ2) is 10.1. The summed E-state index contributed by atoms with van der Waals surface area (Å²) in [6.07, 6.45) is 0. The van der Waals surface area contributed by atoms with Gasteiger partial charge in [0, 0.05) is 30.7 Å². The smallest absolute Gasteiger partial charge is 0.387 e. The van der Waals surface area contributed by atoms with E-state index in [-0.39, 0.29) is 24.7 Å². The zero-order chi connectivity index (χ0) is 18.1. The van der Waals surface area contributed by atoms with E-state index in [0.717, 1.165) is 4.47 Å². The van der Waals surface area contributed by atoms with E-state index in [1.54, 1.807) is 26.2 Å². The van der Waals surface area contributed by atoms with Gasteiger partial charge in [-0.1, -0.05) is 15.9 Å². The second-order valence-corrected chi connectivity index (χ2v) is 5.88. The molecule has 0 saturated carbocycles. The van der Waals surface area contributed by atoms with Crippen LogP contribution in [0, 0.1) is 0 Å².